The van der Waals surface area contributed by atoms with Crippen molar-refractivity contribution in [1.29, 1.82) is 0 Å². The molecule has 2 aromatic carbocycles. The van der Waals surface area contributed by atoms with Crippen LogP contribution >= 0.6 is 11.6 Å². The Labute approximate surface area is 146 Å². The van der Waals surface area contributed by atoms with Crippen LogP contribution < -0.4 is 5.32 Å². The molecule has 126 valence electrons. The van der Waals surface area contributed by atoms with Crippen LogP contribution in [0.3, 0.4) is 0 Å². The van der Waals surface area contributed by atoms with Gasteiger partial charge in [-0.1, -0.05) is 47.5 Å². The first-order chi connectivity index (χ1) is 11.5. The Morgan fingerprint density at radius 1 is 1.17 bits per heavy atom. The SMILES string of the molecule is CCOC(=O)CC(NC(=O)c1cccc(C)c1)c1ccccc1Cl. The largest absolute Gasteiger partial charge is 0.466 e. The molecule has 1 unspecified atom stereocenters. The van der Waals surface area contributed by atoms with Crippen LogP contribution in [0.1, 0.15) is 40.9 Å². The third kappa shape index (κ3) is 4.83. The van der Waals surface area contributed by atoms with E-state index in [1.165, 1.54) is 0 Å². The zero-order valence-electron chi connectivity index (χ0n) is 13.7. The van der Waals surface area contributed by atoms with Crippen molar-refractivity contribution in [2.75, 3.05) is 6.61 Å². The van der Waals surface area contributed by atoms with E-state index in [1.807, 2.05) is 25.1 Å². The number of hydrogen-bond donors (Lipinski definition) is 1. The fraction of sp³-hybridized carbons (Fsp3) is 0.263. The standard InChI is InChI=1S/C19H20ClNO3/c1-3-24-18(22)12-17(15-9-4-5-10-16(15)20)21-19(23)14-8-6-7-13(2)11-14/h4-11,17H,3,12H2,1-2H3,(H,21,23). The monoisotopic (exact) mass is 345 g/mol. The van der Waals surface area contributed by atoms with Crippen LogP contribution in [0, 0.1) is 6.92 Å². The van der Waals surface area contributed by atoms with Gasteiger partial charge in [-0.05, 0) is 37.6 Å². The molecule has 0 heterocycles. The van der Waals surface area contributed by atoms with Gasteiger partial charge in [-0.2, -0.15) is 0 Å². The van der Waals surface area contributed by atoms with E-state index in [4.69, 9.17) is 16.3 Å². The van der Waals surface area contributed by atoms with Crippen molar-refractivity contribution in [3.63, 3.8) is 0 Å². The van der Waals surface area contributed by atoms with Crippen LogP contribution in [0.5, 0.6) is 0 Å². The number of amides is 1. The Balaban J connectivity index is 2.24. The number of rotatable bonds is 6. The number of aryl methyl sites for hydroxylation is 1. The fourth-order valence-corrected chi connectivity index (χ4v) is 2.68. The molecule has 0 saturated carbocycles. The van der Waals surface area contributed by atoms with Gasteiger partial charge in [-0.15, -0.1) is 0 Å². The van der Waals surface area contributed by atoms with Gasteiger partial charge in [-0.3, -0.25) is 9.59 Å². The third-order valence-corrected chi connectivity index (χ3v) is 3.89. The molecule has 24 heavy (non-hydrogen) atoms. The van der Waals surface area contributed by atoms with Gasteiger partial charge in [0.25, 0.3) is 5.91 Å². The molecule has 2 aromatic rings. The van der Waals surface area contributed by atoms with Gasteiger partial charge in [0.05, 0.1) is 19.1 Å². The molecule has 5 heteroatoms. The lowest BCUT2D eigenvalue weighted by molar-refractivity contribution is -0.143. The number of esters is 1. The number of carbonyl (C=O) groups excluding carboxylic acids is 2. The van der Waals surface area contributed by atoms with Gasteiger partial charge in [0, 0.05) is 10.6 Å². The molecule has 0 spiro atoms. The van der Waals surface area contributed by atoms with E-state index in [1.54, 1.807) is 37.3 Å². The molecular weight excluding hydrogens is 326 g/mol. The highest BCUT2D eigenvalue weighted by molar-refractivity contribution is 6.31. The molecule has 1 N–H and O–H groups in total. The second kappa shape index (κ2) is 8.50. The topological polar surface area (TPSA) is 55.4 Å². The number of hydrogen-bond acceptors (Lipinski definition) is 3. The summed E-state index contributed by atoms with van der Waals surface area (Å²) >= 11 is 6.23. The second-order valence-corrected chi connectivity index (χ2v) is 5.83. The van der Waals surface area contributed by atoms with Crippen LogP contribution in [-0.2, 0) is 9.53 Å². The molecule has 4 nitrogen and oxygen atoms in total. The molecule has 0 radical (unpaired) electrons. The van der Waals surface area contributed by atoms with Crippen molar-refractivity contribution < 1.29 is 14.3 Å². The van der Waals surface area contributed by atoms with E-state index in [2.05, 4.69) is 5.32 Å². The highest BCUT2D eigenvalue weighted by Gasteiger charge is 2.22. The Morgan fingerprint density at radius 3 is 2.58 bits per heavy atom. The minimum absolute atomic E-state index is 0.0229. The van der Waals surface area contributed by atoms with Crippen LogP contribution in [0.2, 0.25) is 5.02 Å². The van der Waals surface area contributed by atoms with Crippen LogP contribution in [-0.4, -0.2) is 18.5 Å². The average molecular weight is 346 g/mol. The quantitative estimate of drug-likeness (QED) is 0.803. The van der Waals surface area contributed by atoms with E-state index in [9.17, 15) is 9.59 Å². The first kappa shape index (κ1) is 18.0. The average Bonchev–Trinajstić information content (AvgIpc) is 2.55. The van der Waals surface area contributed by atoms with E-state index in [-0.39, 0.29) is 18.3 Å². The summed E-state index contributed by atoms with van der Waals surface area (Å²) in [5.74, 6) is -0.639. The molecule has 1 atom stereocenters. The van der Waals surface area contributed by atoms with Crippen molar-refractivity contribution in [2.45, 2.75) is 26.3 Å². The van der Waals surface area contributed by atoms with E-state index >= 15 is 0 Å². The molecular formula is C19H20ClNO3. The molecule has 0 aliphatic heterocycles. The molecule has 0 saturated heterocycles. The summed E-state index contributed by atoms with van der Waals surface area (Å²) in [7, 11) is 0. The summed E-state index contributed by atoms with van der Waals surface area (Å²) in [5, 5.41) is 3.38. The van der Waals surface area contributed by atoms with Gasteiger partial charge in [0.15, 0.2) is 0 Å². The second-order valence-electron chi connectivity index (χ2n) is 5.43. The lowest BCUT2D eigenvalue weighted by Crippen LogP contribution is -2.31. The lowest BCUT2D eigenvalue weighted by Gasteiger charge is -2.20. The molecule has 0 bridgehead atoms. The summed E-state index contributed by atoms with van der Waals surface area (Å²) in [6, 6.07) is 13.9. The maximum absolute atomic E-state index is 12.5. The predicted octanol–water partition coefficient (Wildman–Crippen LogP) is 4.07. The summed E-state index contributed by atoms with van der Waals surface area (Å²) in [4.78, 5) is 24.4. The zero-order valence-corrected chi connectivity index (χ0v) is 14.5. The number of ether oxygens (including phenoxy) is 1. The van der Waals surface area contributed by atoms with E-state index in [0.717, 1.165) is 5.56 Å². The number of carbonyl (C=O) groups is 2. The summed E-state index contributed by atoms with van der Waals surface area (Å²) in [6.45, 7) is 3.95. The lowest BCUT2D eigenvalue weighted by atomic mass is 10.0. The predicted molar refractivity (Wildman–Crippen MR) is 94.1 cm³/mol. The highest BCUT2D eigenvalue weighted by atomic mass is 35.5. The summed E-state index contributed by atoms with van der Waals surface area (Å²) in [6.07, 6.45) is 0.0229. The summed E-state index contributed by atoms with van der Waals surface area (Å²) < 4.78 is 5.01. The normalized spacial score (nSPS) is 11.6. The molecule has 0 fully saturated rings. The van der Waals surface area contributed by atoms with Crippen LogP contribution in [0.4, 0.5) is 0 Å². The van der Waals surface area contributed by atoms with Crippen molar-refractivity contribution >= 4 is 23.5 Å². The Kier molecular flexibility index (Phi) is 6.38. The smallest absolute Gasteiger partial charge is 0.308 e. The molecule has 0 aliphatic rings. The van der Waals surface area contributed by atoms with Gasteiger partial charge >= 0.3 is 5.97 Å². The van der Waals surface area contributed by atoms with Gasteiger partial charge in [0.1, 0.15) is 0 Å². The zero-order chi connectivity index (χ0) is 17.5. The molecule has 1 amide bonds. The Morgan fingerprint density at radius 2 is 1.92 bits per heavy atom. The number of halogens is 1. The Hall–Kier alpha value is -2.33. The van der Waals surface area contributed by atoms with Crippen molar-refractivity contribution in [1.82, 2.24) is 5.32 Å². The van der Waals surface area contributed by atoms with Crippen molar-refractivity contribution in [3.05, 3.63) is 70.2 Å². The van der Waals surface area contributed by atoms with E-state index in [0.29, 0.717) is 22.8 Å². The highest BCUT2D eigenvalue weighted by Crippen LogP contribution is 2.26. The Bertz CT molecular complexity index is 730. The fourth-order valence-electron chi connectivity index (χ4n) is 2.41. The summed E-state index contributed by atoms with van der Waals surface area (Å²) in [5.41, 5.74) is 2.21. The first-order valence-electron chi connectivity index (χ1n) is 7.79. The minimum Gasteiger partial charge on any atom is -0.466 e. The molecule has 0 aromatic heterocycles. The first-order valence-corrected chi connectivity index (χ1v) is 8.16. The molecule has 2 rings (SSSR count). The third-order valence-electron chi connectivity index (χ3n) is 3.54. The maximum atomic E-state index is 12.5. The van der Waals surface area contributed by atoms with Gasteiger partial charge in [-0.25, -0.2) is 0 Å². The van der Waals surface area contributed by atoms with Crippen LogP contribution in [0.15, 0.2) is 48.5 Å². The van der Waals surface area contributed by atoms with E-state index < -0.39 is 6.04 Å². The minimum atomic E-state index is -0.550. The van der Waals surface area contributed by atoms with Gasteiger partial charge in [0.2, 0.25) is 0 Å². The maximum Gasteiger partial charge on any atom is 0.308 e. The molecule has 0 aliphatic carbocycles. The number of benzene rings is 2. The van der Waals surface area contributed by atoms with Crippen LogP contribution in [0.25, 0.3) is 0 Å². The van der Waals surface area contributed by atoms with Gasteiger partial charge < -0.3 is 10.1 Å². The number of nitrogens with one attached hydrogen (secondary N) is 1. The van der Waals surface area contributed by atoms with Crippen molar-refractivity contribution in [2.24, 2.45) is 0 Å². The van der Waals surface area contributed by atoms with Crippen molar-refractivity contribution in [3.8, 4) is 0 Å².